The van der Waals surface area contributed by atoms with Crippen LogP contribution in [0, 0.1) is 0 Å². The van der Waals surface area contributed by atoms with Crippen molar-refractivity contribution in [3.05, 3.63) is 65.6 Å². The predicted octanol–water partition coefficient (Wildman–Crippen LogP) is 5.21. The van der Waals surface area contributed by atoms with Gasteiger partial charge in [0.05, 0.1) is 23.8 Å². The van der Waals surface area contributed by atoms with Crippen LogP contribution >= 0.6 is 0 Å². The zero-order valence-electron chi connectivity index (χ0n) is 21.7. The number of hydrogen-bond donors (Lipinski definition) is 2. The van der Waals surface area contributed by atoms with Gasteiger partial charge >= 0.3 is 6.18 Å². The van der Waals surface area contributed by atoms with Crippen molar-refractivity contribution in [1.29, 1.82) is 0 Å². The Kier molecular flexibility index (Phi) is 7.13. The van der Waals surface area contributed by atoms with Crippen molar-refractivity contribution in [1.82, 2.24) is 25.1 Å². The van der Waals surface area contributed by atoms with Crippen molar-refractivity contribution < 1.29 is 22.7 Å². The summed E-state index contributed by atoms with van der Waals surface area (Å²) in [5.74, 6) is 0.0277. The Morgan fingerprint density at radius 2 is 1.85 bits per heavy atom. The lowest BCUT2D eigenvalue weighted by Crippen LogP contribution is -2.29. The minimum Gasteiger partial charge on any atom is -0.496 e. The number of benzene rings is 2. The number of nitrogens with zero attached hydrogens (tertiary/aromatic N) is 5. The van der Waals surface area contributed by atoms with E-state index < -0.39 is 17.6 Å². The number of amides is 1. The highest BCUT2D eigenvalue weighted by Crippen LogP contribution is 2.38. The number of alkyl halides is 3. The molecule has 1 aliphatic heterocycles. The highest BCUT2D eigenvalue weighted by Gasteiger charge is 2.35. The van der Waals surface area contributed by atoms with Gasteiger partial charge in [0.1, 0.15) is 17.9 Å². The molecule has 12 heteroatoms. The average Bonchev–Trinajstić information content (AvgIpc) is 3.37. The molecule has 1 saturated heterocycles. The van der Waals surface area contributed by atoms with Crippen LogP contribution in [0.25, 0.3) is 11.0 Å². The number of H-pyrrole nitrogens is 1. The molecule has 39 heavy (non-hydrogen) atoms. The zero-order chi connectivity index (χ0) is 27.7. The number of rotatable bonds is 6. The minimum absolute atomic E-state index is 0.130. The van der Waals surface area contributed by atoms with E-state index in [1.54, 1.807) is 24.3 Å². The van der Waals surface area contributed by atoms with Crippen molar-refractivity contribution in [2.24, 2.45) is 0 Å². The molecule has 0 aliphatic carbocycles. The third kappa shape index (κ3) is 5.37. The van der Waals surface area contributed by atoms with Crippen LogP contribution in [0.4, 0.5) is 30.4 Å². The first-order chi connectivity index (χ1) is 18.7. The van der Waals surface area contributed by atoms with E-state index in [4.69, 9.17) is 4.74 Å². The van der Waals surface area contributed by atoms with E-state index in [1.165, 1.54) is 12.4 Å². The molecule has 3 heterocycles. The Morgan fingerprint density at radius 1 is 1.13 bits per heavy atom. The largest absolute Gasteiger partial charge is 0.496 e. The molecule has 2 aromatic heterocycles. The molecule has 0 radical (unpaired) electrons. The van der Waals surface area contributed by atoms with Gasteiger partial charge in [-0.15, -0.1) is 0 Å². The number of halogens is 3. The molecular weight excluding hydrogens is 511 g/mol. The SMILES string of the molecule is COc1ccc(C(=O)Nc2ccc(N(C)c3ncnc4n[nH]c(C5CCN(C)CC5)c34)cc2)cc1C(F)(F)F. The van der Waals surface area contributed by atoms with E-state index in [-0.39, 0.29) is 11.3 Å². The Morgan fingerprint density at radius 3 is 2.51 bits per heavy atom. The van der Waals surface area contributed by atoms with Gasteiger partial charge in [0.2, 0.25) is 0 Å². The van der Waals surface area contributed by atoms with E-state index in [9.17, 15) is 18.0 Å². The van der Waals surface area contributed by atoms with Gasteiger partial charge in [-0.2, -0.15) is 18.3 Å². The van der Waals surface area contributed by atoms with Crippen LogP contribution in [0.2, 0.25) is 0 Å². The summed E-state index contributed by atoms with van der Waals surface area (Å²) in [7, 11) is 5.15. The van der Waals surface area contributed by atoms with Crippen molar-refractivity contribution in [2.75, 3.05) is 44.5 Å². The Labute approximate surface area is 223 Å². The molecule has 4 aromatic rings. The highest BCUT2D eigenvalue weighted by molar-refractivity contribution is 6.04. The first kappa shape index (κ1) is 26.4. The quantitative estimate of drug-likeness (QED) is 0.347. The third-order valence-corrected chi connectivity index (χ3v) is 7.08. The summed E-state index contributed by atoms with van der Waals surface area (Å²) in [5, 5.41) is 11.1. The van der Waals surface area contributed by atoms with Crippen LogP contribution in [0.1, 0.15) is 40.4 Å². The number of nitrogens with one attached hydrogen (secondary N) is 2. The zero-order valence-corrected chi connectivity index (χ0v) is 21.7. The number of fused-ring (bicyclic) bond motifs is 1. The standard InChI is InChI=1S/C27H28F3N7O2/c1-36-12-10-16(11-13-36)23-22-24(35-34-23)31-15-32-25(22)37(2)19-7-5-18(6-8-19)33-26(38)17-4-9-21(39-3)20(14-17)27(28,29)30/h4-9,14-16H,10-13H2,1-3H3,(H,33,38)(H,31,32,34,35). The summed E-state index contributed by atoms with van der Waals surface area (Å²) in [6.45, 7) is 2.01. The van der Waals surface area contributed by atoms with Gasteiger partial charge in [0.15, 0.2) is 5.65 Å². The summed E-state index contributed by atoms with van der Waals surface area (Å²) in [5.41, 5.74) is 1.72. The van der Waals surface area contributed by atoms with Gasteiger partial charge in [-0.25, -0.2) is 9.97 Å². The van der Waals surface area contributed by atoms with E-state index in [0.717, 1.165) is 61.9 Å². The van der Waals surface area contributed by atoms with Crippen LogP contribution in [0.3, 0.4) is 0 Å². The van der Waals surface area contributed by atoms with Gasteiger partial charge in [-0.05, 0) is 75.4 Å². The second-order valence-corrected chi connectivity index (χ2v) is 9.58. The summed E-state index contributed by atoms with van der Waals surface area (Å²) in [6, 6.07) is 10.2. The molecule has 2 aromatic carbocycles. The molecule has 5 rings (SSSR count). The van der Waals surface area contributed by atoms with Crippen LogP contribution in [0.5, 0.6) is 5.75 Å². The van der Waals surface area contributed by atoms with E-state index >= 15 is 0 Å². The van der Waals surface area contributed by atoms with Crippen molar-refractivity contribution in [2.45, 2.75) is 24.9 Å². The number of likely N-dealkylation sites (tertiary alicyclic amines) is 1. The lowest BCUT2D eigenvalue weighted by molar-refractivity contribution is -0.138. The van der Waals surface area contributed by atoms with Crippen LogP contribution in [-0.2, 0) is 6.18 Å². The van der Waals surface area contributed by atoms with Crippen molar-refractivity contribution in [3.8, 4) is 5.75 Å². The van der Waals surface area contributed by atoms with E-state index in [2.05, 4.69) is 37.4 Å². The normalized spacial score (nSPS) is 14.9. The van der Waals surface area contributed by atoms with Gasteiger partial charge in [0.25, 0.3) is 5.91 Å². The fraction of sp³-hybridized carbons (Fsp3) is 0.333. The smallest absolute Gasteiger partial charge is 0.419 e. The third-order valence-electron chi connectivity index (χ3n) is 7.08. The first-order valence-electron chi connectivity index (χ1n) is 12.4. The minimum atomic E-state index is -4.65. The van der Waals surface area contributed by atoms with Crippen LogP contribution in [-0.4, -0.2) is 65.3 Å². The number of hydrogen-bond acceptors (Lipinski definition) is 7. The monoisotopic (exact) mass is 539 g/mol. The summed E-state index contributed by atoms with van der Waals surface area (Å²) in [6.07, 6.45) is -1.15. The van der Waals surface area contributed by atoms with Gasteiger partial charge in [-0.1, -0.05) is 0 Å². The lowest BCUT2D eigenvalue weighted by Gasteiger charge is -2.28. The highest BCUT2D eigenvalue weighted by atomic mass is 19.4. The molecule has 0 unspecified atom stereocenters. The summed E-state index contributed by atoms with van der Waals surface area (Å²) >= 11 is 0. The van der Waals surface area contributed by atoms with E-state index in [0.29, 0.717) is 23.1 Å². The van der Waals surface area contributed by atoms with Crippen LogP contribution in [0.15, 0.2) is 48.8 Å². The Bertz CT molecular complexity index is 1480. The number of carbonyl (C=O) groups is 1. The number of methoxy groups -OCH3 is 1. The topological polar surface area (TPSA) is 99.3 Å². The molecule has 0 bridgehead atoms. The van der Waals surface area contributed by atoms with Crippen molar-refractivity contribution >= 4 is 34.1 Å². The van der Waals surface area contributed by atoms with Gasteiger partial charge < -0.3 is 19.9 Å². The Hall–Kier alpha value is -4.19. The molecule has 2 N–H and O–H groups in total. The van der Waals surface area contributed by atoms with Gasteiger partial charge in [-0.3, -0.25) is 9.89 Å². The maximum absolute atomic E-state index is 13.4. The molecule has 0 atom stereocenters. The number of aromatic amines is 1. The lowest BCUT2D eigenvalue weighted by atomic mass is 9.92. The molecule has 1 aliphatic rings. The number of anilines is 3. The Balaban J connectivity index is 1.36. The fourth-order valence-electron chi connectivity index (χ4n) is 4.87. The summed E-state index contributed by atoms with van der Waals surface area (Å²) in [4.78, 5) is 25.8. The predicted molar refractivity (Wildman–Crippen MR) is 142 cm³/mol. The molecular formula is C27H28F3N7O2. The second kappa shape index (κ2) is 10.5. The number of aromatic nitrogens is 4. The maximum atomic E-state index is 13.4. The average molecular weight is 540 g/mol. The van der Waals surface area contributed by atoms with E-state index in [1.807, 2.05) is 11.9 Å². The molecule has 0 saturated carbocycles. The van der Waals surface area contributed by atoms with Crippen LogP contribution < -0.4 is 15.0 Å². The maximum Gasteiger partial charge on any atom is 0.419 e. The van der Waals surface area contributed by atoms with Crippen molar-refractivity contribution in [3.63, 3.8) is 0 Å². The summed E-state index contributed by atoms with van der Waals surface area (Å²) < 4.78 is 44.9. The molecule has 204 valence electrons. The fourth-order valence-corrected chi connectivity index (χ4v) is 4.87. The number of ether oxygens (including phenoxy) is 1. The second-order valence-electron chi connectivity index (χ2n) is 9.58. The van der Waals surface area contributed by atoms with Gasteiger partial charge in [0, 0.05) is 29.9 Å². The molecule has 1 amide bonds. The number of carbonyl (C=O) groups excluding carboxylic acids is 1. The molecule has 1 fully saturated rings. The first-order valence-corrected chi connectivity index (χ1v) is 12.4. The number of piperidine rings is 1. The molecule has 9 nitrogen and oxygen atoms in total. The molecule has 0 spiro atoms.